The van der Waals surface area contributed by atoms with Gasteiger partial charge in [0.05, 0.1) is 18.3 Å². The van der Waals surface area contributed by atoms with Crippen LogP contribution < -0.4 is 9.46 Å². The molecule has 0 saturated heterocycles. The number of hydrogen-bond acceptors (Lipinski definition) is 3. The number of nitrogens with one attached hydrogen (secondary N) is 1. The van der Waals surface area contributed by atoms with Crippen LogP contribution in [0.2, 0.25) is 0 Å². The lowest BCUT2D eigenvalue weighted by molar-refractivity contribution is -0.148. The van der Waals surface area contributed by atoms with Crippen LogP contribution >= 0.6 is 0 Å². The predicted octanol–water partition coefficient (Wildman–Crippen LogP) is 4.34. The van der Waals surface area contributed by atoms with Gasteiger partial charge in [0, 0.05) is 6.54 Å². The molecule has 0 spiro atoms. The van der Waals surface area contributed by atoms with Gasteiger partial charge in [0.2, 0.25) is 10.0 Å². The molecule has 0 radical (unpaired) electrons. The van der Waals surface area contributed by atoms with E-state index in [-0.39, 0.29) is 5.56 Å². The van der Waals surface area contributed by atoms with E-state index in [1.165, 1.54) is 26.0 Å². The number of methoxy groups -OCH3 is 1. The predicted molar refractivity (Wildman–Crippen MR) is 99.3 cm³/mol. The van der Waals surface area contributed by atoms with Gasteiger partial charge < -0.3 is 4.74 Å². The first-order valence-electron chi connectivity index (χ1n) is 8.34. The second-order valence-electron chi connectivity index (χ2n) is 6.39. The van der Waals surface area contributed by atoms with E-state index in [1.807, 2.05) is 12.1 Å². The number of ether oxygens (including phenoxy) is 1. The third kappa shape index (κ3) is 5.46. The molecule has 0 aliphatic heterocycles. The highest BCUT2D eigenvalue weighted by molar-refractivity contribution is 7.90. The average Bonchev–Trinajstić information content (AvgIpc) is 2.61. The van der Waals surface area contributed by atoms with Crippen molar-refractivity contribution >= 4 is 10.0 Å². The second-order valence-corrected chi connectivity index (χ2v) is 8.71. The summed E-state index contributed by atoms with van der Waals surface area (Å²) in [5.74, 6) is -1.24. The highest BCUT2D eigenvalue weighted by Gasteiger charge is 2.41. The molecule has 0 amide bonds. The Kier molecular flexibility index (Phi) is 6.54. The van der Waals surface area contributed by atoms with E-state index < -0.39 is 33.9 Å². The van der Waals surface area contributed by atoms with Crippen LogP contribution in [-0.2, 0) is 10.0 Å². The number of halogens is 3. The molecule has 0 aliphatic rings. The normalized spacial score (nSPS) is 13.6. The van der Waals surface area contributed by atoms with E-state index in [4.69, 9.17) is 4.74 Å². The van der Waals surface area contributed by atoms with E-state index in [2.05, 4.69) is 4.72 Å². The standard InChI is InChI=1S/C19H22F3NO3S/c1-13(2)27(24,25)23-12-18(19(20,21)22)16-6-4-14(5-7-16)15-8-10-17(26-3)11-9-15/h4-11,13,18,23H,12H2,1-3H3. The average molecular weight is 401 g/mol. The zero-order valence-corrected chi connectivity index (χ0v) is 16.1. The maximum atomic E-state index is 13.4. The summed E-state index contributed by atoms with van der Waals surface area (Å²) >= 11 is 0. The van der Waals surface area contributed by atoms with Gasteiger partial charge in [-0.1, -0.05) is 36.4 Å². The quantitative estimate of drug-likeness (QED) is 0.751. The Morgan fingerprint density at radius 1 is 0.963 bits per heavy atom. The largest absolute Gasteiger partial charge is 0.497 e. The van der Waals surface area contributed by atoms with Crippen molar-refractivity contribution in [2.75, 3.05) is 13.7 Å². The Morgan fingerprint density at radius 2 is 1.44 bits per heavy atom. The van der Waals surface area contributed by atoms with Gasteiger partial charge >= 0.3 is 6.18 Å². The fourth-order valence-corrected chi connectivity index (χ4v) is 3.21. The van der Waals surface area contributed by atoms with Crippen LogP contribution in [0.15, 0.2) is 48.5 Å². The van der Waals surface area contributed by atoms with Crippen molar-refractivity contribution in [3.63, 3.8) is 0 Å². The van der Waals surface area contributed by atoms with Crippen molar-refractivity contribution in [3.8, 4) is 16.9 Å². The molecule has 1 unspecified atom stereocenters. The van der Waals surface area contributed by atoms with E-state index in [1.54, 1.807) is 31.4 Å². The third-order valence-corrected chi connectivity index (χ3v) is 6.05. The van der Waals surface area contributed by atoms with Crippen LogP contribution in [0.4, 0.5) is 13.2 Å². The first kappa shape index (κ1) is 21.2. The van der Waals surface area contributed by atoms with E-state index in [0.717, 1.165) is 11.1 Å². The first-order valence-corrected chi connectivity index (χ1v) is 9.89. The number of hydrogen-bond donors (Lipinski definition) is 1. The minimum Gasteiger partial charge on any atom is -0.497 e. The summed E-state index contributed by atoms with van der Waals surface area (Å²) < 4.78 is 71.1. The lowest BCUT2D eigenvalue weighted by Crippen LogP contribution is -2.38. The van der Waals surface area contributed by atoms with Gasteiger partial charge in [0.1, 0.15) is 5.75 Å². The van der Waals surface area contributed by atoms with Gasteiger partial charge in [0.25, 0.3) is 0 Å². The van der Waals surface area contributed by atoms with Gasteiger partial charge in [-0.2, -0.15) is 13.2 Å². The fraction of sp³-hybridized carbons (Fsp3) is 0.368. The Hall–Kier alpha value is -2.06. The van der Waals surface area contributed by atoms with Crippen molar-refractivity contribution in [3.05, 3.63) is 54.1 Å². The molecule has 0 heterocycles. The summed E-state index contributed by atoms with van der Waals surface area (Å²) in [5.41, 5.74) is 1.60. The molecular weight excluding hydrogens is 379 g/mol. The molecule has 27 heavy (non-hydrogen) atoms. The molecule has 0 bridgehead atoms. The van der Waals surface area contributed by atoms with Gasteiger partial charge in [-0.25, -0.2) is 13.1 Å². The maximum Gasteiger partial charge on any atom is 0.396 e. The van der Waals surface area contributed by atoms with Crippen LogP contribution in [-0.4, -0.2) is 33.5 Å². The smallest absolute Gasteiger partial charge is 0.396 e. The molecule has 4 nitrogen and oxygen atoms in total. The van der Waals surface area contributed by atoms with Crippen LogP contribution in [0.1, 0.15) is 25.3 Å². The summed E-state index contributed by atoms with van der Waals surface area (Å²) in [6, 6.07) is 13.1. The highest BCUT2D eigenvalue weighted by Crippen LogP contribution is 2.35. The van der Waals surface area contributed by atoms with Gasteiger partial charge in [0.15, 0.2) is 0 Å². The van der Waals surface area contributed by atoms with Gasteiger partial charge in [-0.3, -0.25) is 0 Å². The summed E-state index contributed by atoms with van der Waals surface area (Å²) in [5, 5.41) is -0.802. The molecular formula is C19H22F3NO3S. The van der Waals surface area contributed by atoms with Crippen LogP contribution in [0.5, 0.6) is 5.75 Å². The van der Waals surface area contributed by atoms with Crippen LogP contribution in [0.25, 0.3) is 11.1 Å². The fourth-order valence-electron chi connectivity index (χ4n) is 2.48. The molecule has 1 N–H and O–H groups in total. The molecule has 2 aromatic carbocycles. The van der Waals surface area contributed by atoms with E-state index in [9.17, 15) is 21.6 Å². The topological polar surface area (TPSA) is 55.4 Å². The summed E-state index contributed by atoms with van der Waals surface area (Å²) in [7, 11) is -2.23. The van der Waals surface area contributed by atoms with Crippen molar-refractivity contribution < 1.29 is 26.3 Å². The summed E-state index contributed by atoms with van der Waals surface area (Å²) in [4.78, 5) is 0. The Morgan fingerprint density at radius 3 is 1.85 bits per heavy atom. The minimum absolute atomic E-state index is 0.00576. The second kappa shape index (κ2) is 8.31. The molecule has 148 valence electrons. The Balaban J connectivity index is 2.23. The number of sulfonamides is 1. The highest BCUT2D eigenvalue weighted by atomic mass is 32.2. The lowest BCUT2D eigenvalue weighted by Gasteiger charge is -2.22. The Bertz CT molecular complexity index is 845. The maximum absolute atomic E-state index is 13.4. The first-order chi connectivity index (χ1) is 12.5. The summed E-state index contributed by atoms with van der Waals surface area (Å²) in [6.45, 7) is 2.09. The van der Waals surface area contributed by atoms with Gasteiger partial charge in [-0.05, 0) is 42.7 Å². The molecule has 0 fully saturated rings. The number of alkyl halides is 3. The monoisotopic (exact) mass is 401 g/mol. The zero-order valence-electron chi connectivity index (χ0n) is 15.2. The molecule has 2 rings (SSSR count). The minimum atomic E-state index is -4.57. The van der Waals surface area contributed by atoms with Crippen LogP contribution in [0.3, 0.4) is 0 Å². The van der Waals surface area contributed by atoms with E-state index in [0.29, 0.717) is 5.75 Å². The molecule has 2 aromatic rings. The molecule has 0 aromatic heterocycles. The molecule has 0 aliphatic carbocycles. The molecule has 8 heteroatoms. The van der Waals surface area contributed by atoms with Gasteiger partial charge in [-0.15, -0.1) is 0 Å². The summed E-state index contributed by atoms with van der Waals surface area (Å²) in [6.07, 6.45) is -4.57. The molecule has 0 saturated carbocycles. The van der Waals surface area contributed by atoms with Crippen molar-refractivity contribution in [1.82, 2.24) is 4.72 Å². The Labute approximate surface area is 157 Å². The number of benzene rings is 2. The van der Waals surface area contributed by atoms with E-state index >= 15 is 0 Å². The number of rotatable bonds is 7. The lowest BCUT2D eigenvalue weighted by atomic mass is 9.96. The SMILES string of the molecule is COc1ccc(-c2ccc(C(CNS(=O)(=O)C(C)C)C(F)(F)F)cc2)cc1. The van der Waals surface area contributed by atoms with Crippen molar-refractivity contribution in [2.45, 2.75) is 31.2 Å². The third-order valence-electron chi connectivity index (χ3n) is 4.24. The molecule has 1 atom stereocenters. The van der Waals surface area contributed by atoms with Crippen LogP contribution in [0, 0.1) is 0 Å². The van der Waals surface area contributed by atoms with Crippen molar-refractivity contribution in [1.29, 1.82) is 0 Å². The zero-order chi connectivity index (χ0) is 20.2. The van der Waals surface area contributed by atoms with Crippen molar-refractivity contribution in [2.24, 2.45) is 0 Å².